The molecule has 314 valence electrons. The van der Waals surface area contributed by atoms with Gasteiger partial charge in [0.1, 0.15) is 40.2 Å². The van der Waals surface area contributed by atoms with E-state index in [4.69, 9.17) is 28.4 Å². The van der Waals surface area contributed by atoms with E-state index >= 15 is 0 Å². The molecule has 0 spiro atoms. The van der Waals surface area contributed by atoms with E-state index < -0.39 is 89.6 Å². The van der Waals surface area contributed by atoms with Gasteiger partial charge in [0.2, 0.25) is 5.78 Å². The summed E-state index contributed by atoms with van der Waals surface area (Å²) < 4.78 is 36.7. The Morgan fingerprint density at radius 1 is 1.12 bits per heavy atom. The fraction of sp³-hybridized carbons (Fsp3) is 0.500. The van der Waals surface area contributed by atoms with Crippen LogP contribution in [0.4, 0.5) is 5.69 Å². The lowest BCUT2D eigenvalue weighted by Crippen LogP contribution is -2.55. The van der Waals surface area contributed by atoms with E-state index in [9.17, 15) is 34.6 Å². The van der Waals surface area contributed by atoms with Crippen LogP contribution < -0.4 is 10.1 Å². The van der Waals surface area contributed by atoms with Crippen LogP contribution in [0, 0.1) is 4.91 Å². The molecular formula is C40H45N4O13S2+. The lowest BCUT2D eigenvalue weighted by atomic mass is 9.72. The second kappa shape index (κ2) is 16.4. The van der Waals surface area contributed by atoms with Crippen LogP contribution in [0.1, 0.15) is 75.8 Å². The molecule has 3 aromatic rings. The number of benzene rings is 2. The molecule has 17 nitrogen and oxygen atoms in total. The largest absolute Gasteiger partial charge is 0.507 e. The molecule has 19 heteroatoms. The highest BCUT2D eigenvalue weighted by Crippen LogP contribution is 2.53. The quantitative estimate of drug-likeness (QED) is 0.0965. The summed E-state index contributed by atoms with van der Waals surface area (Å²) in [6.07, 6.45) is -3.34. The van der Waals surface area contributed by atoms with Crippen molar-refractivity contribution >= 4 is 44.7 Å². The van der Waals surface area contributed by atoms with Gasteiger partial charge >= 0.3 is 0 Å². The first-order valence-corrected chi connectivity index (χ1v) is 21.4. The van der Waals surface area contributed by atoms with Gasteiger partial charge in [-0.25, -0.2) is 4.98 Å². The molecule has 1 aromatic heterocycles. The maximum Gasteiger partial charge on any atom is 0.273 e. The number of aliphatic hydroxyl groups is 1. The van der Waals surface area contributed by atoms with Gasteiger partial charge in [-0.3, -0.25) is 19.3 Å². The van der Waals surface area contributed by atoms with E-state index in [2.05, 4.69) is 15.2 Å². The maximum atomic E-state index is 14.2. The monoisotopic (exact) mass is 853 g/mol. The number of aromatic nitrogens is 1. The van der Waals surface area contributed by atoms with E-state index in [0.29, 0.717) is 28.6 Å². The topological polar surface area (TPSA) is 216 Å². The highest BCUT2D eigenvalue weighted by Gasteiger charge is 2.55. The SMILES string of the molecule is COc1cccc2c1C(=O)c1c(O)c3c(c(O)c1C2=O)C[C@@](O)(C(=O)NCC(C)SSc1ccc([N+](C)=O)cn1)C[C@@H]3O[C@H]1C[C@H]2[C@H](O[C@@H]3[C@@H](OC)OCCN32)[C@H](C)O1. The first kappa shape index (κ1) is 41.5. The first-order chi connectivity index (χ1) is 28.2. The standard InChI is InChI=1S/C40H44N4O13S2/c1-18(58-59-26-10-9-20(17-41-26)43(3)51)16-42-39(49)40(50)14-22-29(35(48)31-30(33(22)46)32(45)21-7-6-8-24(52-4)28(21)34(31)47)25(15-40)56-27-13-23-36(19(2)55-27)57-37-38(53-5)54-12-11-44(23)37/h6-10,17-19,23,25,27,36-38,50H,11-16H2,1-5H3,(H2-,42,45,46,47,48,49)/p+1/t18?,19-,23-,25-,27-,36+,37+,38-,40-/m0/s1. The van der Waals surface area contributed by atoms with Crippen molar-refractivity contribution in [2.75, 3.05) is 41.0 Å². The smallest absolute Gasteiger partial charge is 0.273 e. The van der Waals surface area contributed by atoms with Crippen molar-refractivity contribution in [1.29, 1.82) is 0 Å². The zero-order chi connectivity index (χ0) is 41.9. The molecule has 0 bridgehead atoms. The van der Waals surface area contributed by atoms with Crippen LogP contribution >= 0.6 is 21.6 Å². The van der Waals surface area contributed by atoms with Gasteiger partial charge in [-0.05, 0) is 29.9 Å². The van der Waals surface area contributed by atoms with Gasteiger partial charge in [-0.15, -0.1) is 0 Å². The van der Waals surface area contributed by atoms with Crippen LogP contribution in [0.2, 0.25) is 0 Å². The number of nitrogens with one attached hydrogen (secondary N) is 1. The van der Waals surface area contributed by atoms with Crippen molar-refractivity contribution in [3.05, 3.63) is 74.8 Å². The Morgan fingerprint density at radius 2 is 1.90 bits per heavy atom. The highest BCUT2D eigenvalue weighted by molar-refractivity contribution is 8.76. The van der Waals surface area contributed by atoms with Crippen molar-refractivity contribution < 1.29 is 62.9 Å². The van der Waals surface area contributed by atoms with Gasteiger partial charge in [0.05, 0.1) is 42.6 Å². The summed E-state index contributed by atoms with van der Waals surface area (Å²) >= 11 is 0. The van der Waals surface area contributed by atoms with Crippen molar-refractivity contribution in [3.63, 3.8) is 0 Å². The molecule has 59 heavy (non-hydrogen) atoms. The molecule has 5 aliphatic rings. The molecule has 3 aliphatic heterocycles. The molecule has 3 fully saturated rings. The third-order valence-corrected chi connectivity index (χ3v) is 14.3. The normalized spacial score (nSPS) is 29.1. The summed E-state index contributed by atoms with van der Waals surface area (Å²) in [4.78, 5) is 60.2. The van der Waals surface area contributed by atoms with Crippen molar-refractivity contribution in [2.24, 2.45) is 0 Å². The van der Waals surface area contributed by atoms with Crippen LogP contribution in [0.25, 0.3) is 0 Å². The predicted molar refractivity (Wildman–Crippen MR) is 211 cm³/mol. The van der Waals surface area contributed by atoms with Gasteiger partial charge in [-0.2, -0.15) is 0 Å². The Bertz CT molecular complexity index is 2190. The summed E-state index contributed by atoms with van der Waals surface area (Å²) in [6, 6.07) is 7.67. The third-order valence-electron chi connectivity index (χ3n) is 11.5. The van der Waals surface area contributed by atoms with Crippen LogP contribution in [0.3, 0.4) is 0 Å². The van der Waals surface area contributed by atoms with Gasteiger partial charge in [0.15, 0.2) is 31.6 Å². The van der Waals surface area contributed by atoms with E-state index in [1.54, 1.807) is 19.2 Å². The number of rotatable bonds is 11. The minimum Gasteiger partial charge on any atom is -0.507 e. The molecule has 1 amide bonds. The molecule has 2 aliphatic carbocycles. The van der Waals surface area contributed by atoms with E-state index in [-0.39, 0.29) is 58.4 Å². The van der Waals surface area contributed by atoms with E-state index in [0.717, 1.165) is 0 Å². The second-order valence-corrected chi connectivity index (χ2v) is 17.9. The van der Waals surface area contributed by atoms with Gasteiger partial charge in [0, 0.05) is 83.2 Å². The Kier molecular flexibility index (Phi) is 11.5. The van der Waals surface area contributed by atoms with Crippen molar-refractivity contribution in [2.45, 2.75) is 92.1 Å². The van der Waals surface area contributed by atoms with Crippen molar-refractivity contribution in [1.82, 2.24) is 15.2 Å². The number of phenolic OH excluding ortho intramolecular Hbond substituents is 2. The van der Waals surface area contributed by atoms with Crippen LogP contribution in [-0.2, 0) is 34.9 Å². The number of hydrogen-bond acceptors (Lipinski definition) is 17. The summed E-state index contributed by atoms with van der Waals surface area (Å²) in [7, 11) is 7.06. The van der Waals surface area contributed by atoms with E-state index in [1.807, 2.05) is 13.8 Å². The second-order valence-electron chi connectivity index (χ2n) is 15.2. The number of nitrogens with zero attached hydrogens (tertiary/aromatic N) is 3. The zero-order valence-corrected chi connectivity index (χ0v) is 34.5. The average Bonchev–Trinajstić information content (AvgIpc) is 3.61. The molecule has 3 saturated heterocycles. The number of pyridine rings is 1. The Hall–Kier alpha value is -4.18. The summed E-state index contributed by atoms with van der Waals surface area (Å²) in [5.74, 6) is -3.39. The number of carbonyl (C=O) groups excluding carboxylic acids is 3. The number of fused-ring (bicyclic) bond motifs is 6. The van der Waals surface area contributed by atoms with Crippen LogP contribution in [0.5, 0.6) is 17.2 Å². The summed E-state index contributed by atoms with van der Waals surface area (Å²) in [5.41, 5.74) is -2.91. The molecule has 1 unspecified atom stereocenters. The molecule has 8 rings (SSSR count). The maximum absolute atomic E-state index is 14.2. The molecule has 4 N–H and O–H groups in total. The fourth-order valence-electron chi connectivity index (χ4n) is 8.68. The molecular weight excluding hydrogens is 809 g/mol. The Labute approximate surface area is 347 Å². The number of aromatic hydroxyl groups is 2. The van der Waals surface area contributed by atoms with Crippen molar-refractivity contribution in [3.8, 4) is 17.2 Å². The number of ether oxygens (including phenoxy) is 6. The first-order valence-electron chi connectivity index (χ1n) is 19.2. The lowest BCUT2D eigenvalue weighted by molar-refractivity contribution is -0.428. The number of carbonyl (C=O) groups is 3. The molecule has 2 aromatic carbocycles. The number of morpholine rings is 1. The summed E-state index contributed by atoms with van der Waals surface area (Å²) in [6.45, 7) is 4.83. The highest BCUT2D eigenvalue weighted by atomic mass is 33.1. The lowest BCUT2D eigenvalue weighted by Gasteiger charge is -2.43. The van der Waals surface area contributed by atoms with Gasteiger partial charge in [0.25, 0.3) is 11.6 Å². The molecule has 0 saturated carbocycles. The number of amides is 1. The van der Waals surface area contributed by atoms with Crippen LogP contribution in [-0.4, -0.2) is 136 Å². The van der Waals surface area contributed by atoms with Gasteiger partial charge < -0.3 is 49.1 Å². The number of methoxy groups -OCH3 is 2. The molecule has 0 radical (unpaired) electrons. The van der Waals surface area contributed by atoms with Gasteiger partial charge in [-0.1, -0.05) is 29.9 Å². The third kappa shape index (κ3) is 7.39. The fourth-order valence-corrected chi connectivity index (χ4v) is 10.6. The predicted octanol–water partition coefficient (Wildman–Crippen LogP) is 3.53. The zero-order valence-electron chi connectivity index (χ0n) is 32.9. The number of nitroso groups, excluding NO2 is 1. The van der Waals surface area contributed by atoms with E-state index in [1.165, 1.54) is 60.1 Å². The number of ketones is 2. The minimum atomic E-state index is -2.21. The van der Waals surface area contributed by atoms with Crippen LogP contribution in [0.15, 0.2) is 41.6 Å². The molecule has 4 heterocycles. The summed E-state index contributed by atoms with van der Waals surface area (Å²) in [5, 5.41) is 39.6. The molecule has 9 atom stereocenters. The number of hydrogen-bond donors (Lipinski definition) is 4. The minimum absolute atomic E-state index is 0.0311. The Balaban J connectivity index is 1.09. The Morgan fingerprint density at radius 3 is 2.61 bits per heavy atom. The number of phenols is 2. The average molecular weight is 854 g/mol.